The van der Waals surface area contributed by atoms with Gasteiger partial charge >= 0.3 is 0 Å². The summed E-state index contributed by atoms with van der Waals surface area (Å²) in [6.45, 7) is 0.549. The SMILES string of the molecule is O=C(NCCCNC(=O)c1ccc([N+](=O)[O-])cc1F)c1ccc(Br)cc1. The zero-order valence-electron chi connectivity index (χ0n) is 13.5. The molecule has 2 aromatic carbocycles. The largest absolute Gasteiger partial charge is 0.352 e. The lowest BCUT2D eigenvalue weighted by molar-refractivity contribution is -0.385. The first-order chi connectivity index (χ1) is 12.4. The molecule has 26 heavy (non-hydrogen) atoms. The molecule has 2 N–H and O–H groups in total. The van der Waals surface area contributed by atoms with Crippen LogP contribution in [0.1, 0.15) is 27.1 Å². The molecule has 0 spiro atoms. The number of halogens is 2. The molecule has 7 nitrogen and oxygen atoms in total. The highest BCUT2D eigenvalue weighted by atomic mass is 79.9. The number of carbonyl (C=O) groups is 2. The Bertz CT molecular complexity index is 827. The van der Waals surface area contributed by atoms with E-state index < -0.39 is 22.3 Å². The molecule has 0 radical (unpaired) electrons. The highest BCUT2D eigenvalue weighted by Gasteiger charge is 2.15. The molecular weight excluding hydrogens is 409 g/mol. The number of nitrogens with zero attached hydrogens (tertiary/aromatic N) is 1. The molecule has 0 saturated carbocycles. The first-order valence-electron chi connectivity index (χ1n) is 7.64. The quantitative estimate of drug-likeness (QED) is 0.405. The number of rotatable bonds is 7. The standard InChI is InChI=1S/C17H15BrFN3O4/c18-12-4-2-11(3-5-12)16(23)20-8-1-9-21-17(24)14-7-6-13(22(25)26)10-15(14)19/h2-7,10H,1,8-9H2,(H,20,23)(H,21,24). The Kier molecular flexibility index (Phi) is 6.79. The predicted molar refractivity (Wildman–Crippen MR) is 96.5 cm³/mol. The molecule has 0 bridgehead atoms. The van der Waals surface area contributed by atoms with Gasteiger partial charge in [0.15, 0.2) is 0 Å². The molecular formula is C17H15BrFN3O4. The zero-order valence-corrected chi connectivity index (χ0v) is 15.1. The van der Waals surface area contributed by atoms with Crippen LogP contribution >= 0.6 is 15.9 Å². The van der Waals surface area contributed by atoms with Gasteiger partial charge in [0.25, 0.3) is 17.5 Å². The summed E-state index contributed by atoms with van der Waals surface area (Å²) in [5.41, 5.74) is -0.172. The number of nitro benzene ring substituents is 1. The monoisotopic (exact) mass is 423 g/mol. The fourth-order valence-electron chi connectivity index (χ4n) is 2.09. The van der Waals surface area contributed by atoms with Crippen LogP contribution < -0.4 is 10.6 Å². The number of hydrogen-bond donors (Lipinski definition) is 2. The van der Waals surface area contributed by atoms with Crippen molar-refractivity contribution in [2.75, 3.05) is 13.1 Å². The van der Waals surface area contributed by atoms with Crippen LogP contribution in [0.5, 0.6) is 0 Å². The molecule has 0 saturated heterocycles. The van der Waals surface area contributed by atoms with Crippen LogP contribution in [0, 0.1) is 15.9 Å². The van der Waals surface area contributed by atoms with E-state index in [0.717, 1.165) is 16.6 Å². The molecule has 136 valence electrons. The minimum atomic E-state index is -0.958. The number of amides is 2. The second-order valence-electron chi connectivity index (χ2n) is 5.29. The van der Waals surface area contributed by atoms with Gasteiger partial charge in [0.2, 0.25) is 0 Å². The third-order valence-electron chi connectivity index (χ3n) is 3.44. The molecule has 0 atom stereocenters. The van der Waals surface area contributed by atoms with Crippen LogP contribution in [0.4, 0.5) is 10.1 Å². The number of nitrogens with one attached hydrogen (secondary N) is 2. The molecule has 0 aliphatic carbocycles. The van der Waals surface area contributed by atoms with E-state index in [9.17, 15) is 24.1 Å². The maximum absolute atomic E-state index is 13.7. The number of non-ortho nitro benzene ring substituents is 1. The maximum Gasteiger partial charge on any atom is 0.272 e. The molecule has 0 aliphatic rings. The Morgan fingerprint density at radius 3 is 2.23 bits per heavy atom. The molecule has 2 rings (SSSR count). The van der Waals surface area contributed by atoms with Crippen LogP contribution in [0.25, 0.3) is 0 Å². The minimum absolute atomic E-state index is 0.218. The van der Waals surface area contributed by atoms with Gasteiger partial charge in [-0.25, -0.2) is 4.39 Å². The minimum Gasteiger partial charge on any atom is -0.352 e. The van der Waals surface area contributed by atoms with Gasteiger partial charge in [-0.05, 0) is 36.8 Å². The summed E-state index contributed by atoms with van der Waals surface area (Å²) in [6, 6.07) is 9.71. The third kappa shape index (κ3) is 5.35. The van der Waals surface area contributed by atoms with Crippen LogP contribution in [0.2, 0.25) is 0 Å². The Labute approximate surface area is 156 Å². The van der Waals surface area contributed by atoms with E-state index in [1.807, 2.05) is 0 Å². The second-order valence-corrected chi connectivity index (χ2v) is 6.21. The van der Waals surface area contributed by atoms with E-state index in [1.165, 1.54) is 0 Å². The first-order valence-corrected chi connectivity index (χ1v) is 8.43. The normalized spacial score (nSPS) is 10.2. The number of carbonyl (C=O) groups excluding carboxylic acids is 2. The average molecular weight is 424 g/mol. The molecule has 0 aromatic heterocycles. The predicted octanol–water partition coefficient (Wildman–Crippen LogP) is 3.05. The average Bonchev–Trinajstić information content (AvgIpc) is 2.61. The lowest BCUT2D eigenvalue weighted by Crippen LogP contribution is -2.30. The highest BCUT2D eigenvalue weighted by molar-refractivity contribution is 9.10. The first kappa shape index (κ1) is 19.5. The van der Waals surface area contributed by atoms with Gasteiger partial charge in [-0.2, -0.15) is 0 Å². The highest BCUT2D eigenvalue weighted by Crippen LogP contribution is 2.16. The fourth-order valence-corrected chi connectivity index (χ4v) is 2.36. The van der Waals surface area contributed by atoms with Gasteiger partial charge < -0.3 is 10.6 Å². The van der Waals surface area contributed by atoms with Gasteiger partial charge in [0.05, 0.1) is 16.6 Å². The van der Waals surface area contributed by atoms with Crippen LogP contribution in [-0.4, -0.2) is 29.8 Å². The van der Waals surface area contributed by atoms with Crippen molar-refractivity contribution in [1.82, 2.24) is 10.6 Å². The summed E-state index contributed by atoms with van der Waals surface area (Å²) in [7, 11) is 0. The fraction of sp³-hybridized carbons (Fsp3) is 0.176. The third-order valence-corrected chi connectivity index (χ3v) is 3.97. The van der Waals surface area contributed by atoms with Crippen molar-refractivity contribution in [3.8, 4) is 0 Å². The molecule has 0 unspecified atom stereocenters. The second kappa shape index (κ2) is 9.04. The molecule has 0 fully saturated rings. The molecule has 2 aromatic rings. The van der Waals surface area contributed by atoms with Crippen molar-refractivity contribution >= 4 is 33.4 Å². The maximum atomic E-state index is 13.7. The number of benzene rings is 2. The van der Waals surface area contributed by atoms with Crippen molar-refractivity contribution in [2.45, 2.75) is 6.42 Å². The van der Waals surface area contributed by atoms with Crippen molar-refractivity contribution in [3.05, 3.63) is 74.0 Å². The van der Waals surface area contributed by atoms with E-state index in [4.69, 9.17) is 0 Å². The Morgan fingerprint density at radius 1 is 1.04 bits per heavy atom. The molecule has 9 heteroatoms. The molecule has 0 aliphatic heterocycles. The smallest absolute Gasteiger partial charge is 0.272 e. The Morgan fingerprint density at radius 2 is 1.65 bits per heavy atom. The molecule has 0 heterocycles. The van der Waals surface area contributed by atoms with E-state index >= 15 is 0 Å². The number of hydrogen-bond acceptors (Lipinski definition) is 4. The van der Waals surface area contributed by atoms with Gasteiger partial charge in [0.1, 0.15) is 5.82 Å². The lowest BCUT2D eigenvalue weighted by Gasteiger charge is -2.08. The Balaban J connectivity index is 1.76. The number of nitro groups is 1. The van der Waals surface area contributed by atoms with Crippen molar-refractivity contribution in [2.24, 2.45) is 0 Å². The summed E-state index contributed by atoms with van der Waals surface area (Å²) in [5.74, 6) is -1.86. The lowest BCUT2D eigenvalue weighted by atomic mass is 10.2. The Hall–Kier alpha value is -2.81. The topological polar surface area (TPSA) is 101 Å². The van der Waals surface area contributed by atoms with E-state index in [0.29, 0.717) is 24.6 Å². The summed E-state index contributed by atoms with van der Waals surface area (Å²) in [4.78, 5) is 33.6. The molecule has 2 amide bonds. The van der Waals surface area contributed by atoms with Gasteiger partial charge in [-0.3, -0.25) is 19.7 Å². The van der Waals surface area contributed by atoms with Crippen molar-refractivity contribution < 1.29 is 18.9 Å². The van der Waals surface area contributed by atoms with Crippen LogP contribution in [0.3, 0.4) is 0 Å². The summed E-state index contributed by atoms with van der Waals surface area (Å²) < 4.78 is 14.6. The summed E-state index contributed by atoms with van der Waals surface area (Å²) >= 11 is 3.28. The van der Waals surface area contributed by atoms with Gasteiger partial charge in [0, 0.05) is 29.2 Å². The van der Waals surface area contributed by atoms with Crippen LogP contribution in [0.15, 0.2) is 46.9 Å². The summed E-state index contributed by atoms with van der Waals surface area (Å²) in [5, 5.41) is 15.8. The van der Waals surface area contributed by atoms with Crippen LogP contribution in [-0.2, 0) is 0 Å². The van der Waals surface area contributed by atoms with Gasteiger partial charge in [-0.1, -0.05) is 15.9 Å². The van der Waals surface area contributed by atoms with Crippen molar-refractivity contribution in [1.29, 1.82) is 0 Å². The van der Waals surface area contributed by atoms with E-state index in [-0.39, 0.29) is 18.0 Å². The van der Waals surface area contributed by atoms with Gasteiger partial charge in [-0.15, -0.1) is 0 Å². The van der Waals surface area contributed by atoms with Crippen molar-refractivity contribution in [3.63, 3.8) is 0 Å². The van der Waals surface area contributed by atoms with E-state index in [1.54, 1.807) is 24.3 Å². The zero-order chi connectivity index (χ0) is 19.1. The summed E-state index contributed by atoms with van der Waals surface area (Å²) in [6.07, 6.45) is 0.447. The van der Waals surface area contributed by atoms with E-state index in [2.05, 4.69) is 26.6 Å².